The Hall–Kier alpha value is -0.900. The van der Waals surface area contributed by atoms with Crippen molar-refractivity contribution in [2.45, 2.75) is 32.9 Å². The summed E-state index contributed by atoms with van der Waals surface area (Å²) in [5.41, 5.74) is -0.0977. The van der Waals surface area contributed by atoms with Crippen molar-refractivity contribution in [1.29, 1.82) is 0 Å². The summed E-state index contributed by atoms with van der Waals surface area (Å²) in [6, 6.07) is 0. The van der Waals surface area contributed by atoms with E-state index in [0.717, 1.165) is 12.2 Å². The van der Waals surface area contributed by atoms with Gasteiger partial charge in [-0.2, -0.15) is 0 Å². The Labute approximate surface area is 65.8 Å². The molecular weight excluding hydrogens is 142 g/mol. The van der Waals surface area contributed by atoms with Crippen molar-refractivity contribution < 1.29 is 5.11 Å². The highest BCUT2D eigenvalue weighted by Crippen LogP contribution is 2.17. The molecule has 0 amide bonds. The Morgan fingerprint density at radius 2 is 2.27 bits per heavy atom. The average molecular weight is 155 g/mol. The molecule has 0 aliphatic heterocycles. The summed E-state index contributed by atoms with van der Waals surface area (Å²) in [6.07, 6.45) is 1.59. The number of aliphatic hydroxyl groups is 1. The van der Waals surface area contributed by atoms with Gasteiger partial charge in [0, 0.05) is 6.54 Å². The molecule has 0 saturated heterocycles. The van der Waals surface area contributed by atoms with Gasteiger partial charge in [0.05, 0.1) is 11.9 Å². The molecule has 0 aliphatic rings. The molecule has 0 atom stereocenters. The number of aromatic nitrogens is 3. The summed E-state index contributed by atoms with van der Waals surface area (Å²) in [4.78, 5) is 0. The van der Waals surface area contributed by atoms with Gasteiger partial charge in [-0.1, -0.05) is 5.21 Å². The predicted molar refractivity (Wildman–Crippen MR) is 40.9 cm³/mol. The van der Waals surface area contributed by atoms with Gasteiger partial charge in [0.15, 0.2) is 0 Å². The van der Waals surface area contributed by atoms with Gasteiger partial charge < -0.3 is 5.11 Å². The molecule has 0 bridgehead atoms. The molecule has 11 heavy (non-hydrogen) atoms. The molecule has 0 unspecified atom stereocenters. The predicted octanol–water partition coefficient (Wildman–Crippen LogP) is 0.525. The van der Waals surface area contributed by atoms with Crippen LogP contribution < -0.4 is 0 Å². The molecule has 1 aromatic heterocycles. The molecule has 4 heteroatoms. The Kier molecular flexibility index (Phi) is 1.95. The van der Waals surface area contributed by atoms with E-state index in [1.54, 1.807) is 24.7 Å². The third-order valence-electron chi connectivity index (χ3n) is 1.54. The summed E-state index contributed by atoms with van der Waals surface area (Å²) in [6.45, 7) is 6.14. The molecule has 1 aromatic rings. The second kappa shape index (κ2) is 2.62. The summed E-state index contributed by atoms with van der Waals surface area (Å²) < 4.78 is 1.68. The van der Waals surface area contributed by atoms with Gasteiger partial charge in [-0.25, -0.2) is 4.68 Å². The minimum absolute atomic E-state index is 0.735. The van der Waals surface area contributed by atoms with Crippen molar-refractivity contribution in [1.82, 2.24) is 15.0 Å². The van der Waals surface area contributed by atoms with Gasteiger partial charge in [0.1, 0.15) is 5.60 Å². The van der Waals surface area contributed by atoms with E-state index in [9.17, 15) is 5.11 Å². The Morgan fingerprint density at radius 3 is 2.64 bits per heavy atom. The van der Waals surface area contributed by atoms with Crippen molar-refractivity contribution in [3.05, 3.63) is 11.9 Å². The zero-order valence-electron chi connectivity index (χ0n) is 7.07. The second-order valence-corrected chi connectivity index (χ2v) is 2.99. The maximum Gasteiger partial charge on any atom is 0.102 e. The lowest BCUT2D eigenvalue weighted by Gasteiger charge is -2.16. The van der Waals surface area contributed by atoms with E-state index in [-0.39, 0.29) is 0 Å². The van der Waals surface area contributed by atoms with Crippen LogP contribution in [0.15, 0.2) is 6.20 Å². The van der Waals surface area contributed by atoms with E-state index >= 15 is 0 Å². The van der Waals surface area contributed by atoms with Crippen LogP contribution in [0.2, 0.25) is 0 Å². The number of hydrogen-bond donors (Lipinski definition) is 1. The number of rotatable bonds is 2. The zero-order chi connectivity index (χ0) is 8.48. The van der Waals surface area contributed by atoms with E-state index in [4.69, 9.17) is 0 Å². The van der Waals surface area contributed by atoms with Crippen molar-refractivity contribution >= 4 is 0 Å². The van der Waals surface area contributed by atoms with Gasteiger partial charge in [-0.3, -0.25) is 0 Å². The maximum absolute atomic E-state index is 9.59. The average Bonchev–Trinajstić information content (AvgIpc) is 2.31. The van der Waals surface area contributed by atoms with Crippen LogP contribution in [0, 0.1) is 0 Å². The van der Waals surface area contributed by atoms with Crippen molar-refractivity contribution in [3.63, 3.8) is 0 Å². The summed E-state index contributed by atoms with van der Waals surface area (Å²) in [5.74, 6) is 0. The first-order chi connectivity index (χ1) is 5.05. The molecule has 1 heterocycles. The van der Waals surface area contributed by atoms with Crippen LogP contribution in [0.4, 0.5) is 0 Å². The van der Waals surface area contributed by atoms with Crippen molar-refractivity contribution in [2.75, 3.05) is 0 Å². The lowest BCUT2D eigenvalue weighted by molar-refractivity contribution is 0.0685. The zero-order valence-corrected chi connectivity index (χ0v) is 7.07. The van der Waals surface area contributed by atoms with Crippen molar-refractivity contribution in [3.8, 4) is 0 Å². The van der Waals surface area contributed by atoms with Crippen LogP contribution in [-0.2, 0) is 12.1 Å². The highest BCUT2D eigenvalue weighted by molar-refractivity contribution is 5.03. The van der Waals surface area contributed by atoms with E-state index in [2.05, 4.69) is 10.3 Å². The summed E-state index contributed by atoms with van der Waals surface area (Å²) in [7, 11) is 0. The molecule has 0 radical (unpaired) electrons. The number of hydrogen-bond acceptors (Lipinski definition) is 3. The lowest BCUT2D eigenvalue weighted by Crippen LogP contribution is -2.20. The topological polar surface area (TPSA) is 50.9 Å². The standard InChI is InChI=1S/C7H13N3O/c1-4-10-6(5-8-9-10)7(2,3)11/h5,11H,4H2,1-3H3. The molecule has 0 fully saturated rings. The molecule has 1 N–H and O–H groups in total. The molecule has 0 aliphatic carbocycles. The highest BCUT2D eigenvalue weighted by Gasteiger charge is 2.20. The second-order valence-electron chi connectivity index (χ2n) is 2.99. The molecule has 0 saturated carbocycles. The normalized spacial score (nSPS) is 12.0. The van der Waals surface area contributed by atoms with Crippen LogP contribution in [0.3, 0.4) is 0 Å². The van der Waals surface area contributed by atoms with E-state index in [0.29, 0.717) is 0 Å². The van der Waals surface area contributed by atoms with Crippen LogP contribution >= 0.6 is 0 Å². The molecule has 4 nitrogen and oxygen atoms in total. The monoisotopic (exact) mass is 155 g/mol. The van der Waals surface area contributed by atoms with Crippen molar-refractivity contribution in [2.24, 2.45) is 0 Å². The largest absolute Gasteiger partial charge is 0.384 e. The molecule has 0 spiro atoms. The third kappa shape index (κ3) is 1.57. The van der Waals surface area contributed by atoms with Gasteiger partial charge in [0.25, 0.3) is 0 Å². The highest BCUT2D eigenvalue weighted by atomic mass is 16.3. The summed E-state index contributed by atoms with van der Waals surface area (Å²) in [5, 5.41) is 17.1. The van der Waals surface area contributed by atoms with Gasteiger partial charge >= 0.3 is 0 Å². The first-order valence-electron chi connectivity index (χ1n) is 3.67. The molecule has 1 rings (SSSR count). The molecule has 62 valence electrons. The van der Waals surface area contributed by atoms with Crippen LogP contribution in [-0.4, -0.2) is 20.1 Å². The number of nitrogens with zero attached hydrogens (tertiary/aromatic N) is 3. The fraction of sp³-hybridized carbons (Fsp3) is 0.714. The fourth-order valence-corrected chi connectivity index (χ4v) is 0.965. The number of aryl methyl sites for hydroxylation is 1. The Bertz CT molecular complexity index is 236. The Balaban J connectivity index is 3.02. The minimum atomic E-state index is -0.848. The lowest BCUT2D eigenvalue weighted by atomic mass is 10.1. The fourth-order valence-electron chi connectivity index (χ4n) is 0.965. The van der Waals surface area contributed by atoms with E-state index < -0.39 is 5.60 Å². The maximum atomic E-state index is 9.59. The molecular formula is C7H13N3O. The van der Waals surface area contributed by atoms with Gasteiger partial charge in [-0.15, -0.1) is 5.10 Å². The minimum Gasteiger partial charge on any atom is -0.384 e. The molecule has 0 aromatic carbocycles. The van der Waals surface area contributed by atoms with Gasteiger partial charge in [-0.05, 0) is 20.8 Å². The smallest absolute Gasteiger partial charge is 0.102 e. The Morgan fingerprint density at radius 1 is 1.64 bits per heavy atom. The van der Waals surface area contributed by atoms with Crippen LogP contribution in [0.5, 0.6) is 0 Å². The third-order valence-corrected chi connectivity index (χ3v) is 1.54. The van der Waals surface area contributed by atoms with Crippen LogP contribution in [0.25, 0.3) is 0 Å². The SMILES string of the molecule is CCn1nncc1C(C)(C)O. The first-order valence-corrected chi connectivity index (χ1v) is 3.67. The first kappa shape index (κ1) is 8.20. The van der Waals surface area contributed by atoms with Crippen LogP contribution in [0.1, 0.15) is 26.5 Å². The van der Waals surface area contributed by atoms with E-state index in [1.165, 1.54) is 0 Å². The summed E-state index contributed by atoms with van der Waals surface area (Å²) >= 11 is 0. The quantitative estimate of drug-likeness (QED) is 0.677. The van der Waals surface area contributed by atoms with E-state index in [1.807, 2.05) is 6.92 Å². The van der Waals surface area contributed by atoms with Gasteiger partial charge in [0.2, 0.25) is 0 Å².